The van der Waals surface area contributed by atoms with E-state index in [2.05, 4.69) is 41.2 Å². The Bertz CT molecular complexity index is 946. The quantitative estimate of drug-likeness (QED) is 0.541. The number of nitrogens with one attached hydrogen (secondary N) is 1. The highest BCUT2D eigenvalue weighted by molar-refractivity contribution is 5.85. The number of aryl methyl sites for hydroxylation is 3. The Hall–Kier alpha value is -2.66. The number of anilines is 4. The Kier molecular flexibility index (Phi) is 7.35. The molecule has 1 aromatic heterocycles. The lowest BCUT2D eigenvalue weighted by Crippen LogP contribution is -2.14. The minimum atomic E-state index is -0.251. The van der Waals surface area contributed by atoms with Gasteiger partial charge < -0.3 is 10.2 Å². The topological polar surface area (TPSA) is 41.1 Å². The number of hydrogen-bond donors (Lipinski definition) is 1. The molecule has 0 unspecified atom stereocenters. The Morgan fingerprint density at radius 1 is 1.00 bits per heavy atom. The van der Waals surface area contributed by atoms with Gasteiger partial charge in [0.25, 0.3) is 0 Å². The maximum Gasteiger partial charge on any atom is 0.229 e. The molecule has 0 aliphatic carbocycles. The molecule has 0 atom stereocenters. The van der Waals surface area contributed by atoms with Crippen molar-refractivity contribution in [2.24, 2.45) is 0 Å². The van der Waals surface area contributed by atoms with Crippen LogP contribution in [0.4, 0.5) is 27.5 Å². The highest BCUT2D eigenvalue weighted by Gasteiger charge is 2.12. The Balaban J connectivity index is 0.00000280. The molecule has 28 heavy (non-hydrogen) atoms. The van der Waals surface area contributed by atoms with Crippen molar-refractivity contribution in [3.8, 4) is 0 Å². The zero-order valence-corrected chi connectivity index (χ0v) is 17.5. The second kappa shape index (κ2) is 9.51. The third-order valence-electron chi connectivity index (χ3n) is 4.53. The van der Waals surface area contributed by atoms with Crippen LogP contribution in [0, 0.1) is 19.7 Å². The highest BCUT2D eigenvalue weighted by Crippen LogP contribution is 2.27. The standard InChI is InChI=1S/C22H25FN4.ClH/c1-5-8-18-14-21(27(4)20-10-7-6-9-15(20)2)26-22(24-18)25-19-12-11-17(23)13-16(19)3;/h6-7,9-14H,5,8H2,1-4H3,(H,24,25,26);1H. The van der Waals surface area contributed by atoms with Crippen LogP contribution in [0.1, 0.15) is 30.2 Å². The summed E-state index contributed by atoms with van der Waals surface area (Å²) in [4.78, 5) is 11.4. The highest BCUT2D eigenvalue weighted by atomic mass is 35.5. The van der Waals surface area contributed by atoms with Gasteiger partial charge in [0.2, 0.25) is 5.95 Å². The van der Waals surface area contributed by atoms with E-state index in [9.17, 15) is 4.39 Å². The van der Waals surface area contributed by atoms with E-state index in [-0.39, 0.29) is 18.2 Å². The molecule has 148 valence electrons. The number of benzene rings is 2. The van der Waals surface area contributed by atoms with E-state index < -0.39 is 0 Å². The smallest absolute Gasteiger partial charge is 0.229 e. The van der Waals surface area contributed by atoms with Crippen molar-refractivity contribution < 1.29 is 4.39 Å². The number of hydrogen-bond acceptors (Lipinski definition) is 4. The molecule has 1 heterocycles. The minimum absolute atomic E-state index is 0. The van der Waals surface area contributed by atoms with E-state index >= 15 is 0 Å². The maximum absolute atomic E-state index is 13.4. The van der Waals surface area contributed by atoms with E-state index in [4.69, 9.17) is 4.98 Å². The summed E-state index contributed by atoms with van der Waals surface area (Å²) >= 11 is 0. The van der Waals surface area contributed by atoms with Crippen LogP contribution < -0.4 is 10.2 Å². The van der Waals surface area contributed by atoms with Crippen molar-refractivity contribution in [3.05, 3.63) is 71.2 Å². The van der Waals surface area contributed by atoms with Crippen molar-refractivity contribution in [1.29, 1.82) is 0 Å². The van der Waals surface area contributed by atoms with Gasteiger partial charge in [0.05, 0.1) is 0 Å². The monoisotopic (exact) mass is 400 g/mol. The second-order valence-corrected chi connectivity index (χ2v) is 6.72. The van der Waals surface area contributed by atoms with E-state index in [1.165, 1.54) is 17.7 Å². The van der Waals surface area contributed by atoms with Gasteiger partial charge in [-0.05, 0) is 55.7 Å². The molecule has 0 saturated carbocycles. The SMILES string of the molecule is CCCc1cc(N(C)c2ccccc2C)nc(Nc2ccc(F)cc2C)n1.Cl. The van der Waals surface area contributed by atoms with Crippen molar-refractivity contribution in [2.45, 2.75) is 33.6 Å². The molecule has 3 aromatic rings. The largest absolute Gasteiger partial charge is 0.329 e. The molecule has 0 aliphatic rings. The lowest BCUT2D eigenvalue weighted by Gasteiger charge is -2.22. The molecule has 6 heteroatoms. The average Bonchev–Trinajstić information content (AvgIpc) is 2.64. The van der Waals surface area contributed by atoms with Gasteiger partial charge in [0.1, 0.15) is 11.6 Å². The summed E-state index contributed by atoms with van der Waals surface area (Å²) in [6, 6.07) is 14.9. The molecule has 0 fully saturated rings. The average molecular weight is 401 g/mol. The third-order valence-corrected chi connectivity index (χ3v) is 4.53. The molecule has 0 aliphatic heterocycles. The molecule has 0 spiro atoms. The fourth-order valence-corrected chi connectivity index (χ4v) is 3.05. The summed E-state index contributed by atoms with van der Waals surface area (Å²) in [6.45, 7) is 6.08. The summed E-state index contributed by atoms with van der Waals surface area (Å²) in [6.07, 6.45) is 1.87. The number of nitrogens with zero attached hydrogens (tertiary/aromatic N) is 3. The van der Waals surface area contributed by atoms with Crippen LogP contribution >= 0.6 is 12.4 Å². The lowest BCUT2D eigenvalue weighted by atomic mass is 10.2. The van der Waals surface area contributed by atoms with Crippen molar-refractivity contribution in [2.75, 3.05) is 17.3 Å². The van der Waals surface area contributed by atoms with E-state index in [1.54, 1.807) is 6.07 Å². The fourth-order valence-electron chi connectivity index (χ4n) is 3.05. The zero-order valence-electron chi connectivity index (χ0n) is 16.7. The van der Waals surface area contributed by atoms with Gasteiger partial charge in [-0.25, -0.2) is 9.37 Å². The van der Waals surface area contributed by atoms with Crippen LogP contribution in [0.3, 0.4) is 0 Å². The zero-order chi connectivity index (χ0) is 19.4. The van der Waals surface area contributed by atoms with Crippen LogP contribution in [-0.4, -0.2) is 17.0 Å². The number of halogens is 2. The van der Waals surface area contributed by atoms with Crippen LogP contribution in [0.25, 0.3) is 0 Å². The van der Waals surface area contributed by atoms with E-state index in [1.807, 2.05) is 32.2 Å². The van der Waals surface area contributed by atoms with Crippen LogP contribution in [0.15, 0.2) is 48.5 Å². The van der Waals surface area contributed by atoms with Gasteiger partial charge >= 0.3 is 0 Å². The molecule has 0 amide bonds. The molecule has 4 nitrogen and oxygen atoms in total. The van der Waals surface area contributed by atoms with Crippen molar-refractivity contribution >= 4 is 35.5 Å². The van der Waals surface area contributed by atoms with E-state index in [0.29, 0.717) is 5.95 Å². The Morgan fingerprint density at radius 2 is 1.75 bits per heavy atom. The Labute approximate surface area is 172 Å². The normalized spacial score (nSPS) is 10.3. The number of rotatable bonds is 6. The van der Waals surface area contributed by atoms with Gasteiger partial charge in [-0.1, -0.05) is 31.5 Å². The lowest BCUT2D eigenvalue weighted by molar-refractivity contribution is 0.627. The van der Waals surface area contributed by atoms with Gasteiger partial charge in [-0.2, -0.15) is 4.98 Å². The second-order valence-electron chi connectivity index (χ2n) is 6.72. The summed E-state index contributed by atoms with van der Waals surface area (Å²) in [5.41, 5.74) is 4.87. The van der Waals surface area contributed by atoms with Crippen LogP contribution in [0.2, 0.25) is 0 Å². The number of aromatic nitrogens is 2. The van der Waals surface area contributed by atoms with Gasteiger partial charge in [-0.15, -0.1) is 12.4 Å². The molecule has 0 radical (unpaired) electrons. The molecule has 0 saturated heterocycles. The van der Waals surface area contributed by atoms with Crippen LogP contribution in [0.5, 0.6) is 0 Å². The molecule has 3 rings (SSSR count). The van der Waals surface area contributed by atoms with Gasteiger partial charge in [0.15, 0.2) is 0 Å². The Morgan fingerprint density at radius 3 is 2.43 bits per heavy atom. The maximum atomic E-state index is 13.4. The van der Waals surface area contributed by atoms with Crippen molar-refractivity contribution in [1.82, 2.24) is 9.97 Å². The van der Waals surface area contributed by atoms with Gasteiger partial charge in [0, 0.05) is 30.2 Å². The van der Waals surface area contributed by atoms with E-state index in [0.717, 1.165) is 41.3 Å². The molecule has 1 N–H and O–H groups in total. The summed E-state index contributed by atoms with van der Waals surface area (Å²) in [7, 11) is 2.01. The third kappa shape index (κ3) is 4.98. The first-order valence-corrected chi connectivity index (χ1v) is 9.18. The molecular weight excluding hydrogens is 375 g/mol. The first kappa shape index (κ1) is 21.6. The summed E-state index contributed by atoms with van der Waals surface area (Å²) in [5, 5.41) is 3.24. The fraction of sp³-hybridized carbons (Fsp3) is 0.273. The molecule has 2 aromatic carbocycles. The van der Waals surface area contributed by atoms with Crippen molar-refractivity contribution in [3.63, 3.8) is 0 Å². The van der Waals surface area contributed by atoms with Crippen LogP contribution in [-0.2, 0) is 6.42 Å². The number of para-hydroxylation sites is 1. The first-order chi connectivity index (χ1) is 13.0. The predicted octanol–water partition coefficient (Wildman–Crippen LogP) is 6.12. The summed E-state index contributed by atoms with van der Waals surface area (Å²) in [5.74, 6) is 1.09. The molecule has 0 bridgehead atoms. The van der Waals surface area contributed by atoms with Gasteiger partial charge in [-0.3, -0.25) is 0 Å². The first-order valence-electron chi connectivity index (χ1n) is 9.18. The predicted molar refractivity (Wildman–Crippen MR) is 117 cm³/mol. The summed E-state index contributed by atoms with van der Waals surface area (Å²) < 4.78 is 13.4. The minimum Gasteiger partial charge on any atom is -0.329 e. The molecular formula is C22H26ClFN4.